The predicted octanol–water partition coefficient (Wildman–Crippen LogP) is 4.92. The van der Waals surface area contributed by atoms with Crippen molar-refractivity contribution in [2.75, 3.05) is 0 Å². The van der Waals surface area contributed by atoms with Gasteiger partial charge in [0.05, 0.1) is 11.7 Å². The summed E-state index contributed by atoms with van der Waals surface area (Å²) in [6, 6.07) is 16.5. The Balaban J connectivity index is 1.46. The molecule has 142 valence electrons. The van der Waals surface area contributed by atoms with Gasteiger partial charge in [-0.15, -0.1) is 0 Å². The van der Waals surface area contributed by atoms with E-state index in [2.05, 4.69) is 55.2 Å². The number of carbonyl (C=O) groups is 1. The van der Waals surface area contributed by atoms with Crippen LogP contribution in [0.5, 0.6) is 0 Å². The Kier molecular flexibility index (Phi) is 3.73. The highest BCUT2D eigenvalue weighted by atomic mass is 16.2. The van der Waals surface area contributed by atoms with Gasteiger partial charge in [0, 0.05) is 28.9 Å². The van der Waals surface area contributed by atoms with Crippen LogP contribution in [0, 0.1) is 5.41 Å². The van der Waals surface area contributed by atoms with Crippen LogP contribution < -0.4 is 0 Å². The quantitative estimate of drug-likeness (QED) is 0.710. The van der Waals surface area contributed by atoms with E-state index in [9.17, 15) is 4.79 Å². The van der Waals surface area contributed by atoms with Crippen molar-refractivity contribution in [2.24, 2.45) is 5.41 Å². The first-order valence-electron chi connectivity index (χ1n) is 9.98. The minimum atomic E-state index is 0.0555. The standard InChI is InChI=1S/C24H25N3O/c1-15(16-7-5-4-6-8-16)27-14-18-11-17(9-10-19(18)23(27)28)22-20-12-24(2,3)13-21(20)25-26-22/h4-11,15H,12-14H2,1-3H3,(H,25,26). The Morgan fingerprint density at radius 1 is 1.11 bits per heavy atom. The van der Waals surface area contributed by atoms with Crippen LogP contribution in [-0.4, -0.2) is 21.0 Å². The number of carbonyl (C=O) groups excluding carboxylic acids is 1. The summed E-state index contributed by atoms with van der Waals surface area (Å²) in [6.45, 7) is 7.35. The number of aromatic amines is 1. The molecule has 28 heavy (non-hydrogen) atoms. The smallest absolute Gasteiger partial charge is 0.255 e. The number of fused-ring (bicyclic) bond motifs is 2. The molecule has 0 spiro atoms. The topological polar surface area (TPSA) is 49.0 Å². The Morgan fingerprint density at radius 2 is 1.89 bits per heavy atom. The molecule has 2 aromatic carbocycles. The van der Waals surface area contributed by atoms with Crippen molar-refractivity contribution in [2.45, 2.75) is 46.2 Å². The summed E-state index contributed by atoms with van der Waals surface area (Å²) >= 11 is 0. The van der Waals surface area contributed by atoms with Crippen LogP contribution in [0.2, 0.25) is 0 Å². The van der Waals surface area contributed by atoms with Crippen LogP contribution in [0.25, 0.3) is 11.3 Å². The van der Waals surface area contributed by atoms with Crippen molar-refractivity contribution in [1.82, 2.24) is 15.1 Å². The normalized spacial score (nSPS) is 18.2. The van der Waals surface area contributed by atoms with Gasteiger partial charge in [0.15, 0.2) is 0 Å². The molecule has 0 saturated heterocycles. The highest BCUT2D eigenvalue weighted by molar-refractivity contribution is 5.99. The van der Waals surface area contributed by atoms with Crippen LogP contribution in [0.4, 0.5) is 0 Å². The van der Waals surface area contributed by atoms with Crippen molar-refractivity contribution in [3.05, 3.63) is 76.5 Å². The van der Waals surface area contributed by atoms with Crippen molar-refractivity contribution in [1.29, 1.82) is 0 Å². The molecule has 1 atom stereocenters. The molecule has 1 aliphatic heterocycles. The lowest BCUT2D eigenvalue weighted by molar-refractivity contribution is 0.0716. The first kappa shape index (κ1) is 17.2. The molecule has 1 N–H and O–H groups in total. The van der Waals surface area contributed by atoms with Crippen molar-refractivity contribution >= 4 is 5.91 Å². The summed E-state index contributed by atoms with van der Waals surface area (Å²) in [5.74, 6) is 0.117. The SMILES string of the molecule is CC(c1ccccc1)N1Cc2cc(-c3n[nH]c4c3CC(C)(C)C4)ccc2C1=O. The molecule has 0 fully saturated rings. The average Bonchev–Trinajstić information content (AvgIpc) is 3.31. The maximum atomic E-state index is 13.0. The molecule has 2 aliphatic rings. The van der Waals surface area contributed by atoms with E-state index in [1.807, 2.05) is 29.2 Å². The van der Waals surface area contributed by atoms with Crippen LogP contribution in [0.3, 0.4) is 0 Å². The number of aromatic nitrogens is 2. The van der Waals surface area contributed by atoms with E-state index in [1.54, 1.807) is 0 Å². The zero-order valence-corrected chi connectivity index (χ0v) is 16.6. The lowest BCUT2D eigenvalue weighted by atomic mass is 9.90. The van der Waals surface area contributed by atoms with E-state index in [4.69, 9.17) is 0 Å². The Morgan fingerprint density at radius 3 is 2.68 bits per heavy atom. The van der Waals surface area contributed by atoms with Crippen LogP contribution in [-0.2, 0) is 19.4 Å². The third-order valence-electron chi connectivity index (χ3n) is 6.22. The number of hydrogen-bond acceptors (Lipinski definition) is 2. The van der Waals surface area contributed by atoms with E-state index in [-0.39, 0.29) is 17.4 Å². The van der Waals surface area contributed by atoms with Crippen LogP contribution in [0.15, 0.2) is 48.5 Å². The monoisotopic (exact) mass is 371 g/mol. The number of amides is 1. The number of nitrogens with one attached hydrogen (secondary N) is 1. The fourth-order valence-corrected chi connectivity index (χ4v) is 4.71. The molecule has 1 aliphatic carbocycles. The Labute approximate surface area is 165 Å². The minimum absolute atomic E-state index is 0.0555. The Bertz CT molecular complexity index is 1060. The number of nitrogens with zero attached hydrogens (tertiary/aromatic N) is 2. The second-order valence-corrected chi connectivity index (χ2v) is 8.94. The molecule has 0 bridgehead atoms. The summed E-state index contributed by atoms with van der Waals surface area (Å²) in [4.78, 5) is 14.9. The molecule has 4 heteroatoms. The van der Waals surface area contributed by atoms with E-state index in [0.29, 0.717) is 6.54 Å². The number of benzene rings is 2. The van der Waals surface area contributed by atoms with Gasteiger partial charge < -0.3 is 4.90 Å². The second kappa shape index (κ2) is 6.06. The molecule has 2 heterocycles. The maximum Gasteiger partial charge on any atom is 0.255 e. The molecule has 1 unspecified atom stereocenters. The van der Waals surface area contributed by atoms with Gasteiger partial charge in [-0.1, -0.05) is 50.2 Å². The third-order valence-corrected chi connectivity index (χ3v) is 6.22. The molecule has 1 aromatic heterocycles. The summed E-state index contributed by atoms with van der Waals surface area (Å²) < 4.78 is 0. The zero-order valence-electron chi connectivity index (χ0n) is 16.6. The molecule has 5 rings (SSSR count). The largest absolute Gasteiger partial charge is 0.328 e. The summed E-state index contributed by atoms with van der Waals surface area (Å²) in [5.41, 5.74) is 8.11. The first-order valence-corrected chi connectivity index (χ1v) is 9.98. The second-order valence-electron chi connectivity index (χ2n) is 8.94. The summed E-state index contributed by atoms with van der Waals surface area (Å²) in [6.07, 6.45) is 2.09. The van der Waals surface area contributed by atoms with Crippen molar-refractivity contribution in [3.8, 4) is 11.3 Å². The summed E-state index contributed by atoms with van der Waals surface area (Å²) in [7, 11) is 0. The van der Waals surface area contributed by atoms with Gasteiger partial charge in [-0.3, -0.25) is 9.89 Å². The van der Waals surface area contributed by atoms with E-state index >= 15 is 0 Å². The fraction of sp³-hybridized carbons (Fsp3) is 0.333. The van der Waals surface area contributed by atoms with Gasteiger partial charge in [-0.05, 0) is 48.4 Å². The molecule has 1 amide bonds. The van der Waals surface area contributed by atoms with Gasteiger partial charge in [0.1, 0.15) is 0 Å². The first-order chi connectivity index (χ1) is 13.4. The highest BCUT2D eigenvalue weighted by Gasteiger charge is 2.34. The van der Waals surface area contributed by atoms with Crippen molar-refractivity contribution < 1.29 is 4.79 Å². The molecule has 3 aromatic rings. The molecular formula is C24H25N3O. The van der Waals surface area contributed by atoms with Gasteiger partial charge in [-0.2, -0.15) is 5.10 Å². The van der Waals surface area contributed by atoms with Gasteiger partial charge in [-0.25, -0.2) is 0 Å². The maximum absolute atomic E-state index is 13.0. The molecule has 0 saturated carbocycles. The lowest BCUT2D eigenvalue weighted by Crippen LogP contribution is -2.27. The van der Waals surface area contributed by atoms with Crippen LogP contribution in [0.1, 0.15) is 59.6 Å². The highest BCUT2D eigenvalue weighted by Crippen LogP contribution is 2.41. The fourth-order valence-electron chi connectivity index (χ4n) is 4.71. The number of rotatable bonds is 3. The Hall–Kier alpha value is -2.88. The number of H-pyrrole nitrogens is 1. The van der Waals surface area contributed by atoms with Gasteiger partial charge >= 0.3 is 0 Å². The van der Waals surface area contributed by atoms with E-state index in [0.717, 1.165) is 40.8 Å². The van der Waals surface area contributed by atoms with Gasteiger partial charge in [0.25, 0.3) is 5.91 Å². The minimum Gasteiger partial charge on any atom is -0.328 e. The molecule has 4 nitrogen and oxygen atoms in total. The van der Waals surface area contributed by atoms with E-state index < -0.39 is 0 Å². The van der Waals surface area contributed by atoms with Crippen molar-refractivity contribution in [3.63, 3.8) is 0 Å². The lowest BCUT2D eigenvalue weighted by Gasteiger charge is -2.24. The third kappa shape index (κ3) is 2.67. The number of hydrogen-bond donors (Lipinski definition) is 1. The average molecular weight is 371 g/mol. The zero-order chi connectivity index (χ0) is 19.5. The molecular weight excluding hydrogens is 346 g/mol. The van der Waals surface area contributed by atoms with E-state index in [1.165, 1.54) is 11.3 Å². The van der Waals surface area contributed by atoms with Crippen LogP contribution >= 0.6 is 0 Å². The molecule has 0 radical (unpaired) electrons. The predicted molar refractivity (Wildman–Crippen MR) is 110 cm³/mol. The summed E-state index contributed by atoms with van der Waals surface area (Å²) in [5, 5.41) is 7.83. The van der Waals surface area contributed by atoms with Gasteiger partial charge in [0.2, 0.25) is 0 Å².